The topological polar surface area (TPSA) is 98.8 Å². The van der Waals surface area contributed by atoms with Crippen molar-refractivity contribution in [1.29, 1.82) is 0 Å². The summed E-state index contributed by atoms with van der Waals surface area (Å²) in [5.41, 5.74) is 0.0108. The van der Waals surface area contributed by atoms with Crippen LogP contribution in [0.15, 0.2) is 23.1 Å². The quantitative estimate of drug-likeness (QED) is 0.557. The largest absolute Gasteiger partial charge is 0.495 e. The Hall–Kier alpha value is -1.03. The number of rotatable bonds is 8. The minimum absolute atomic E-state index is 0.0108. The van der Waals surface area contributed by atoms with E-state index in [2.05, 4.69) is 4.72 Å². The van der Waals surface area contributed by atoms with Crippen LogP contribution in [0.4, 0.5) is 5.69 Å². The van der Waals surface area contributed by atoms with Gasteiger partial charge in [-0.05, 0) is 24.6 Å². The van der Waals surface area contributed by atoms with Crippen molar-refractivity contribution < 1.29 is 26.3 Å². The van der Waals surface area contributed by atoms with Gasteiger partial charge in [-0.15, -0.1) is 0 Å². The van der Waals surface area contributed by atoms with E-state index in [1.54, 1.807) is 0 Å². The maximum absolute atomic E-state index is 11.9. The molecule has 120 valence electrons. The smallest absolute Gasteiger partial charge is 0.261 e. The maximum Gasteiger partial charge on any atom is 0.261 e. The summed E-state index contributed by atoms with van der Waals surface area (Å²) < 4.78 is 58.4. The van der Waals surface area contributed by atoms with Crippen LogP contribution < -0.4 is 9.46 Å². The van der Waals surface area contributed by atoms with Crippen LogP contribution in [0.1, 0.15) is 6.42 Å². The lowest BCUT2D eigenvalue weighted by Gasteiger charge is -2.12. The molecule has 0 aliphatic carbocycles. The molecule has 0 saturated heterocycles. The lowest BCUT2D eigenvalue weighted by Crippen LogP contribution is -2.18. The standard InChI is InChI=1S/C11H16ClNO6S2/c1-18-6-3-7-20(14,15)13-10-8-9(21(12,16)17)4-5-11(10)19-2/h4-5,8,13H,3,6-7H2,1-2H3. The number of benzene rings is 1. The van der Waals surface area contributed by atoms with Gasteiger partial charge in [0.1, 0.15) is 5.75 Å². The highest BCUT2D eigenvalue weighted by molar-refractivity contribution is 8.13. The molecular formula is C11H16ClNO6S2. The normalized spacial score (nSPS) is 12.1. The first kappa shape index (κ1) is 18.0. The first-order chi connectivity index (χ1) is 9.69. The van der Waals surface area contributed by atoms with Crippen LogP contribution in [0.3, 0.4) is 0 Å². The molecule has 0 radical (unpaired) electrons. The van der Waals surface area contributed by atoms with E-state index in [1.165, 1.54) is 26.4 Å². The zero-order valence-electron chi connectivity index (χ0n) is 11.5. The molecule has 0 heterocycles. The van der Waals surface area contributed by atoms with E-state index >= 15 is 0 Å². The van der Waals surface area contributed by atoms with Crippen molar-refractivity contribution in [2.24, 2.45) is 0 Å². The van der Waals surface area contributed by atoms with Gasteiger partial charge in [-0.2, -0.15) is 0 Å². The highest BCUT2D eigenvalue weighted by atomic mass is 35.7. The Balaban J connectivity index is 3.05. The number of halogens is 1. The Kier molecular flexibility index (Phi) is 6.26. The molecule has 21 heavy (non-hydrogen) atoms. The summed E-state index contributed by atoms with van der Waals surface area (Å²) >= 11 is 0. The molecule has 0 aliphatic rings. The van der Waals surface area contributed by atoms with Gasteiger partial charge in [0.15, 0.2) is 0 Å². The van der Waals surface area contributed by atoms with Crippen molar-refractivity contribution >= 4 is 35.4 Å². The highest BCUT2D eigenvalue weighted by Crippen LogP contribution is 2.29. The molecule has 0 bridgehead atoms. The van der Waals surface area contributed by atoms with Crippen molar-refractivity contribution in [3.63, 3.8) is 0 Å². The lowest BCUT2D eigenvalue weighted by molar-refractivity contribution is 0.199. The van der Waals surface area contributed by atoms with Crippen LogP contribution in [0.2, 0.25) is 0 Å². The molecule has 0 amide bonds. The second-order valence-electron chi connectivity index (χ2n) is 4.07. The van der Waals surface area contributed by atoms with E-state index in [0.717, 1.165) is 6.07 Å². The van der Waals surface area contributed by atoms with Crippen molar-refractivity contribution in [1.82, 2.24) is 0 Å². The summed E-state index contributed by atoms with van der Waals surface area (Å²) in [6, 6.07) is 3.65. The van der Waals surface area contributed by atoms with Gasteiger partial charge in [0.05, 0.1) is 23.4 Å². The molecule has 0 spiro atoms. The molecule has 1 aromatic carbocycles. The van der Waals surface area contributed by atoms with Crippen LogP contribution in [0.5, 0.6) is 5.75 Å². The lowest BCUT2D eigenvalue weighted by atomic mass is 10.3. The molecule has 1 aromatic rings. The van der Waals surface area contributed by atoms with Gasteiger partial charge in [-0.1, -0.05) is 0 Å². The molecule has 0 aliphatic heterocycles. The fourth-order valence-electron chi connectivity index (χ4n) is 1.53. The summed E-state index contributed by atoms with van der Waals surface area (Å²) in [6.45, 7) is 0.300. The number of ether oxygens (including phenoxy) is 2. The van der Waals surface area contributed by atoms with E-state index in [4.69, 9.17) is 20.2 Å². The first-order valence-electron chi connectivity index (χ1n) is 5.82. The SMILES string of the molecule is COCCCS(=O)(=O)Nc1cc(S(=O)(=O)Cl)ccc1OC. The molecular weight excluding hydrogens is 342 g/mol. The average Bonchev–Trinajstić information content (AvgIpc) is 2.37. The molecule has 1 N–H and O–H groups in total. The number of anilines is 1. The minimum Gasteiger partial charge on any atom is -0.495 e. The molecule has 1 rings (SSSR count). The molecule has 0 fully saturated rings. The van der Waals surface area contributed by atoms with E-state index in [0.29, 0.717) is 13.0 Å². The van der Waals surface area contributed by atoms with Crippen LogP contribution in [-0.4, -0.2) is 43.4 Å². The van der Waals surface area contributed by atoms with E-state index in [9.17, 15) is 16.8 Å². The number of methoxy groups -OCH3 is 2. The summed E-state index contributed by atoms with van der Waals surface area (Å²) in [4.78, 5) is -0.223. The molecule has 7 nitrogen and oxygen atoms in total. The minimum atomic E-state index is -3.96. The van der Waals surface area contributed by atoms with Crippen molar-refractivity contribution in [2.75, 3.05) is 31.3 Å². The number of hydrogen-bond acceptors (Lipinski definition) is 6. The molecule has 0 saturated carbocycles. The zero-order valence-corrected chi connectivity index (χ0v) is 13.9. The van der Waals surface area contributed by atoms with E-state index in [1.807, 2.05) is 0 Å². The van der Waals surface area contributed by atoms with Crippen LogP contribution in [0.25, 0.3) is 0 Å². The summed E-state index contributed by atoms with van der Waals surface area (Å²) in [5.74, 6) is 0.0244. The van der Waals surface area contributed by atoms with Crippen molar-refractivity contribution in [2.45, 2.75) is 11.3 Å². The molecule has 0 aromatic heterocycles. The predicted molar refractivity (Wildman–Crippen MR) is 79.9 cm³/mol. The molecule has 10 heteroatoms. The first-order valence-corrected chi connectivity index (χ1v) is 9.78. The van der Waals surface area contributed by atoms with Crippen molar-refractivity contribution in [3.8, 4) is 5.75 Å². The van der Waals surface area contributed by atoms with E-state index in [-0.39, 0.29) is 22.1 Å². The Bertz CT molecular complexity index is 687. The summed E-state index contributed by atoms with van der Waals surface area (Å²) in [7, 11) is 0.433. The fraction of sp³-hybridized carbons (Fsp3) is 0.455. The van der Waals surface area contributed by atoms with Gasteiger partial charge in [0, 0.05) is 24.4 Å². The second-order valence-corrected chi connectivity index (χ2v) is 8.48. The van der Waals surface area contributed by atoms with Crippen LogP contribution >= 0.6 is 10.7 Å². The van der Waals surface area contributed by atoms with Gasteiger partial charge < -0.3 is 9.47 Å². The fourth-order valence-corrected chi connectivity index (χ4v) is 3.40. The summed E-state index contributed by atoms with van der Waals surface area (Å²) in [5, 5.41) is 0. The monoisotopic (exact) mass is 357 g/mol. The number of nitrogens with one attached hydrogen (secondary N) is 1. The molecule has 0 atom stereocenters. The summed E-state index contributed by atoms with van der Waals surface area (Å²) in [6.07, 6.45) is 0.307. The molecule has 0 unspecified atom stereocenters. The third kappa shape index (κ3) is 5.70. The van der Waals surface area contributed by atoms with Gasteiger partial charge in [0.25, 0.3) is 9.05 Å². The predicted octanol–water partition coefficient (Wildman–Crippen LogP) is 1.40. The number of hydrogen-bond donors (Lipinski definition) is 1. The average molecular weight is 358 g/mol. The second kappa shape index (κ2) is 7.30. The van der Waals surface area contributed by atoms with Gasteiger partial charge in [0.2, 0.25) is 10.0 Å². The van der Waals surface area contributed by atoms with Gasteiger partial charge in [-0.3, -0.25) is 4.72 Å². The zero-order chi connectivity index (χ0) is 16.1. The van der Waals surface area contributed by atoms with Crippen LogP contribution in [0, 0.1) is 0 Å². The maximum atomic E-state index is 11.9. The number of sulfonamides is 1. The Morgan fingerprint density at radius 3 is 2.38 bits per heavy atom. The van der Waals surface area contributed by atoms with Crippen molar-refractivity contribution in [3.05, 3.63) is 18.2 Å². The third-order valence-corrected chi connectivity index (χ3v) is 5.19. The Labute approximate surface area is 128 Å². The highest BCUT2D eigenvalue weighted by Gasteiger charge is 2.17. The Morgan fingerprint density at radius 2 is 1.86 bits per heavy atom. The van der Waals surface area contributed by atoms with Crippen LogP contribution in [-0.2, 0) is 23.8 Å². The van der Waals surface area contributed by atoms with E-state index < -0.39 is 19.1 Å². The third-order valence-electron chi connectivity index (χ3n) is 2.48. The Morgan fingerprint density at radius 1 is 1.19 bits per heavy atom. The van der Waals surface area contributed by atoms with Gasteiger partial charge in [-0.25, -0.2) is 16.8 Å². The van der Waals surface area contributed by atoms with Gasteiger partial charge >= 0.3 is 0 Å².